The van der Waals surface area contributed by atoms with Gasteiger partial charge in [-0.25, -0.2) is 0 Å². The highest BCUT2D eigenvalue weighted by Gasteiger charge is 2.11. The molecule has 0 atom stereocenters. The first-order valence-electron chi connectivity index (χ1n) is 6.32. The van der Waals surface area contributed by atoms with E-state index in [-0.39, 0.29) is 18.4 Å². The van der Waals surface area contributed by atoms with Crippen molar-refractivity contribution in [1.82, 2.24) is 15.5 Å². The topological polar surface area (TPSA) is 61.4 Å². The number of nitrogens with zero attached hydrogens (tertiary/aromatic N) is 1. The fourth-order valence-electron chi connectivity index (χ4n) is 1.58. The van der Waals surface area contributed by atoms with Crippen LogP contribution < -0.4 is 10.6 Å². The number of carbonyl (C=O) groups is 2. The maximum atomic E-state index is 11.7. The van der Waals surface area contributed by atoms with Gasteiger partial charge < -0.3 is 15.5 Å². The average Bonchev–Trinajstić information content (AvgIpc) is 2.43. The first-order chi connectivity index (χ1) is 9.13. The van der Waals surface area contributed by atoms with Gasteiger partial charge in [0.15, 0.2) is 0 Å². The van der Waals surface area contributed by atoms with Crippen LogP contribution >= 0.6 is 0 Å². The van der Waals surface area contributed by atoms with E-state index in [1.54, 1.807) is 14.1 Å². The van der Waals surface area contributed by atoms with Crippen LogP contribution in [0.1, 0.15) is 12.0 Å². The molecule has 0 radical (unpaired) electrons. The van der Waals surface area contributed by atoms with Crippen LogP contribution in [0.25, 0.3) is 0 Å². The van der Waals surface area contributed by atoms with Gasteiger partial charge in [0, 0.05) is 26.6 Å². The Labute approximate surface area is 114 Å². The van der Waals surface area contributed by atoms with E-state index in [1.807, 2.05) is 30.3 Å². The van der Waals surface area contributed by atoms with Gasteiger partial charge in [0.2, 0.25) is 11.8 Å². The van der Waals surface area contributed by atoms with Gasteiger partial charge >= 0.3 is 0 Å². The lowest BCUT2D eigenvalue weighted by atomic mass is 10.2. The number of amides is 2. The molecule has 0 bridgehead atoms. The van der Waals surface area contributed by atoms with Crippen molar-refractivity contribution >= 4 is 11.8 Å². The Hall–Kier alpha value is -1.88. The summed E-state index contributed by atoms with van der Waals surface area (Å²) in [5, 5.41) is 5.70. The summed E-state index contributed by atoms with van der Waals surface area (Å²) in [6.07, 6.45) is 0.402. The van der Waals surface area contributed by atoms with Crippen molar-refractivity contribution in [3.05, 3.63) is 35.9 Å². The maximum Gasteiger partial charge on any atom is 0.239 e. The Morgan fingerprint density at radius 2 is 1.89 bits per heavy atom. The standard InChI is InChI=1S/C14H21N3O2/c1-15-9-8-14(19)17(2)11-13(18)16-10-12-6-4-3-5-7-12/h3-7,15H,8-11H2,1-2H3,(H,16,18). The second-order valence-electron chi connectivity index (χ2n) is 4.37. The molecule has 1 rings (SSSR count). The smallest absolute Gasteiger partial charge is 0.239 e. The van der Waals surface area contributed by atoms with Crippen LogP contribution in [0.2, 0.25) is 0 Å². The Kier molecular flexibility index (Phi) is 6.60. The normalized spacial score (nSPS) is 10.0. The summed E-state index contributed by atoms with van der Waals surface area (Å²) in [5.41, 5.74) is 1.04. The van der Waals surface area contributed by atoms with Gasteiger partial charge in [-0.15, -0.1) is 0 Å². The van der Waals surface area contributed by atoms with Gasteiger partial charge in [0.05, 0.1) is 6.54 Å². The molecule has 0 saturated carbocycles. The van der Waals surface area contributed by atoms with E-state index < -0.39 is 0 Å². The second-order valence-corrected chi connectivity index (χ2v) is 4.37. The molecule has 5 heteroatoms. The largest absolute Gasteiger partial charge is 0.350 e. The van der Waals surface area contributed by atoms with Crippen LogP contribution in [0.15, 0.2) is 30.3 Å². The van der Waals surface area contributed by atoms with Crippen LogP contribution in [-0.4, -0.2) is 43.9 Å². The van der Waals surface area contributed by atoms with Crippen LogP contribution in [0.3, 0.4) is 0 Å². The van der Waals surface area contributed by atoms with Crippen LogP contribution in [-0.2, 0) is 16.1 Å². The molecule has 0 saturated heterocycles. The molecule has 0 unspecified atom stereocenters. The minimum absolute atomic E-state index is 0.0378. The Balaban J connectivity index is 2.29. The fraction of sp³-hybridized carbons (Fsp3) is 0.429. The van der Waals surface area contributed by atoms with Crippen molar-refractivity contribution in [2.45, 2.75) is 13.0 Å². The molecule has 0 fully saturated rings. The van der Waals surface area contributed by atoms with Crippen LogP contribution in [0, 0.1) is 0 Å². The van der Waals surface area contributed by atoms with E-state index in [0.717, 1.165) is 5.56 Å². The Bertz CT molecular complexity index is 406. The Morgan fingerprint density at radius 1 is 1.21 bits per heavy atom. The molecule has 0 aliphatic rings. The molecule has 0 aliphatic heterocycles. The predicted molar refractivity (Wildman–Crippen MR) is 74.5 cm³/mol. The summed E-state index contributed by atoms with van der Waals surface area (Å²) >= 11 is 0. The molecule has 0 heterocycles. The van der Waals surface area contributed by atoms with Crippen molar-refractivity contribution in [2.24, 2.45) is 0 Å². The summed E-state index contributed by atoms with van der Waals surface area (Å²) in [5.74, 6) is -0.187. The molecule has 0 aliphatic carbocycles. The van der Waals surface area contributed by atoms with Crippen molar-refractivity contribution in [1.29, 1.82) is 0 Å². The first kappa shape index (κ1) is 15.2. The molecule has 2 N–H and O–H groups in total. The van der Waals surface area contributed by atoms with E-state index in [2.05, 4.69) is 10.6 Å². The summed E-state index contributed by atoms with van der Waals surface area (Å²) in [4.78, 5) is 24.7. The third kappa shape index (κ3) is 6.01. The lowest BCUT2D eigenvalue weighted by molar-refractivity contribution is -0.134. The minimum Gasteiger partial charge on any atom is -0.350 e. The van der Waals surface area contributed by atoms with Crippen LogP contribution in [0.5, 0.6) is 0 Å². The maximum absolute atomic E-state index is 11.7. The number of benzene rings is 1. The summed E-state index contributed by atoms with van der Waals surface area (Å²) in [6, 6.07) is 9.67. The van der Waals surface area contributed by atoms with Gasteiger partial charge in [-0.2, -0.15) is 0 Å². The molecule has 0 spiro atoms. The predicted octanol–water partition coefficient (Wildman–Crippen LogP) is 0.371. The van der Waals surface area contributed by atoms with E-state index in [9.17, 15) is 9.59 Å². The fourth-order valence-corrected chi connectivity index (χ4v) is 1.58. The highest BCUT2D eigenvalue weighted by molar-refractivity contribution is 5.84. The van der Waals surface area contributed by atoms with E-state index in [1.165, 1.54) is 4.90 Å². The Morgan fingerprint density at radius 3 is 2.53 bits per heavy atom. The van der Waals surface area contributed by atoms with E-state index in [0.29, 0.717) is 19.5 Å². The zero-order valence-corrected chi connectivity index (χ0v) is 11.5. The number of likely N-dealkylation sites (N-methyl/N-ethyl adjacent to an activating group) is 1. The number of hydrogen-bond acceptors (Lipinski definition) is 3. The van der Waals surface area contributed by atoms with Crippen molar-refractivity contribution < 1.29 is 9.59 Å². The lowest BCUT2D eigenvalue weighted by Crippen LogP contribution is -2.38. The minimum atomic E-state index is -0.149. The number of nitrogens with one attached hydrogen (secondary N) is 2. The van der Waals surface area contributed by atoms with Crippen molar-refractivity contribution in [3.8, 4) is 0 Å². The summed E-state index contributed by atoms with van der Waals surface area (Å²) in [6.45, 7) is 1.20. The number of carbonyl (C=O) groups excluding carboxylic acids is 2. The van der Waals surface area contributed by atoms with Gasteiger partial charge in [-0.1, -0.05) is 30.3 Å². The monoisotopic (exact) mass is 263 g/mol. The summed E-state index contributed by atoms with van der Waals surface area (Å²) < 4.78 is 0. The number of rotatable bonds is 7. The zero-order chi connectivity index (χ0) is 14.1. The van der Waals surface area contributed by atoms with Gasteiger partial charge in [-0.05, 0) is 12.6 Å². The molecule has 0 aromatic heterocycles. The van der Waals surface area contributed by atoms with Gasteiger partial charge in [0.25, 0.3) is 0 Å². The molecule has 2 amide bonds. The van der Waals surface area contributed by atoms with Crippen LogP contribution in [0.4, 0.5) is 0 Å². The molecule has 5 nitrogen and oxygen atoms in total. The quantitative estimate of drug-likeness (QED) is 0.747. The van der Waals surface area contributed by atoms with Gasteiger partial charge in [-0.3, -0.25) is 9.59 Å². The molecular weight excluding hydrogens is 242 g/mol. The third-order valence-electron chi connectivity index (χ3n) is 2.73. The number of hydrogen-bond donors (Lipinski definition) is 2. The molecule has 1 aromatic carbocycles. The van der Waals surface area contributed by atoms with Gasteiger partial charge in [0.1, 0.15) is 0 Å². The SMILES string of the molecule is CNCCC(=O)N(C)CC(=O)NCc1ccccc1. The van der Waals surface area contributed by atoms with E-state index >= 15 is 0 Å². The van der Waals surface area contributed by atoms with E-state index in [4.69, 9.17) is 0 Å². The third-order valence-corrected chi connectivity index (χ3v) is 2.73. The zero-order valence-electron chi connectivity index (χ0n) is 11.5. The molecule has 104 valence electrons. The second kappa shape index (κ2) is 8.26. The molecular formula is C14H21N3O2. The molecule has 1 aromatic rings. The van der Waals surface area contributed by atoms with Crippen molar-refractivity contribution in [2.75, 3.05) is 27.2 Å². The van der Waals surface area contributed by atoms with Crippen molar-refractivity contribution in [3.63, 3.8) is 0 Å². The highest BCUT2D eigenvalue weighted by atomic mass is 16.2. The average molecular weight is 263 g/mol. The lowest BCUT2D eigenvalue weighted by Gasteiger charge is -2.16. The summed E-state index contributed by atoms with van der Waals surface area (Å²) in [7, 11) is 3.43. The molecule has 19 heavy (non-hydrogen) atoms. The highest BCUT2D eigenvalue weighted by Crippen LogP contribution is 1.97. The first-order valence-corrected chi connectivity index (χ1v) is 6.32.